The zero-order valence-corrected chi connectivity index (χ0v) is 10.5. The molecular formula is C13H16ClNO2. The van der Waals surface area contributed by atoms with Gasteiger partial charge < -0.3 is 9.84 Å². The van der Waals surface area contributed by atoms with Gasteiger partial charge in [-0.05, 0) is 25.1 Å². The number of hydrogen-bond acceptors (Lipinski definition) is 3. The van der Waals surface area contributed by atoms with E-state index in [2.05, 4.69) is 18.0 Å². The Kier molecular flexibility index (Phi) is 3.31. The Morgan fingerprint density at radius 2 is 2.24 bits per heavy atom. The maximum Gasteiger partial charge on any atom is 0.168 e. The third-order valence-electron chi connectivity index (χ3n) is 3.43. The molecule has 0 aromatic heterocycles. The van der Waals surface area contributed by atoms with Crippen LogP contribution in [0.5, 0.6) is 11.5 Å². The molecule has 1 aromatic rings. The molecule has 0 spiro atoms. The molecule has 3 rings (SSSR count). The summed E-state index contributed by atoms with van der Waals surface area (Å²) in [5.74, 6) is 0.880. The number of ether oxygens (including phenoxy) is 1. The van der Waals surface area contributed by atoms with Crippen molar-refractivity contribution in [2.45, 2.75) is 12.5 Å². The van der Waals surface area contributed by atoms with E-state index in [1.807, 2.05) is 12.1 Å². The standard InChI is InChI=1S/C13H15NO2.ClH/c1-14-7-3-5-9-10-4-2-6-12(15)13(10)16-8-11(9)14;/h2,4-6,11,15H,3,7-8H2,1H3;1H. The minimum Gasteiger partial charge on any atom is -0.504 e. The van der Waals surface area contributed by atoms with Gasteiger partial charge in [0.15, 0.2) is 11.5 Å². The lowest BCUT2D eigenvalue weighted by molar-refractivity contribution is 0.179. The minimum atomic E-state index is 0. The molecule has 0 saturated carbocycles. The highest BCUT2D eigenvalue weighted by molar-refractivity contribution is 5.85. The van der Waals surface area contributed by atoms with Gasteiger partial charge in [-0.3, -0.25) is 4.90 Å². The molecule has 2 aliphatic rings. The summed E-state index contributed by atoms with van der Waals surface area (Å²) in [5, 5.41) is 9.75. The van der Waals surface area contributed by atoms with E-state index >= 15 is 0 Å². The van der Waals surface area contributed by atoms with Crippen molar-refractivity contribution in [3.63, 3.8) is 0 Å². The van der Waals surface area contributed by atoms with Crippen molar-refractivity contribution >= 4 is 18.0 Å². The van der Waals surface area contributed by atoms with Gasteiger partial charge in [0.1, 0.15) is 6.61 Å². The number of phenolic OH excluding ortho intramolecular Hbond substituents is 1. The zero-order chi connectivity index (χ0) is 11.1. The molecule has 0 bridgehead atoms. The third kappa shape index (κ3) is 1.90. The molecule has 17 heavy (non-hydrogen) atoms. The molecule has 0 fully saturated rings. The molecule has 3 nitrogen and oxygen atoms in total. The summed E-state index contributed by atoms with van der Waals surface area (Å²) >= 11 is 0. The molecule has 2 heterocycles. The lowest BCUT2D eigenvalue weighted by Crippen LogP contribution is -2.42. The number of likely N-dealkylation sites (N-methyl/N-ethyl adjacent to an activating group) is 1. The number of benzene rings is 1. The van der Waals surface area contributed by atoms with Crippen molar-refractivity contribution in [3.8, 4) is 11.5 Å². The lowest BCUT2D eigenvalue weighted by atomic mass is 9.91. The maximum absolute atomic E-state index is 9.75. The fourth-order valence-electron chi connectivity index (χ4n) is 2.53. The first kappa shape index (κ1) is 12.3. The first-order valence-electron chi connectivity index (χ1n) is 5.63. The summed E-state index contributed by atoms with van der Waals surface area (Å²) < 4.78 is 5.66. The van der Waals surface area contributed by atoms with Gasteiger partial charge in [0.25, 0.3) is 0 Å². The van der Waals surface area contributed by atoms with Gasteiger partial charge in [0.05, 0.1) is 6.04 Å². The average molecular weight is 254 g/mol. The highest BCUT2D eigenvalue weighted by atomic mass is 35.5. The Morgan fingerprint density at radius 1 is 1.41 bits per heavy atom. The van der Waals surface area contributed by atoms with Crippen LogP contribution >= 0.6 is 12.4 Å². The summed E-state index contributed by atoms with van der Waals surface area (Å²) in [7, 11) is 2.12. The number of hydrogen-bond donors (Lipinski definition) is 1. The molecule has 1 aromatic carbocycles. The number of rotatable bonds is 0. The summed E-state index contributed by atoms with van der Waals surface area (Å²) in [6.07, 6.45) is 3.34. The van der Waals surface area contributed by atoms with Gasteiger partial charge in [0.2, 0.25) is 0 Å². The monoisotopic (exact) mass is 253 g/mol. The first-order valence-corrected chi connectivity index (χ1v) is 5.63. The second-order valence-electron chi connectivity index (χ2n) is 4.41. The predicted molar refractivity (Wildman–Crippen MR) is 69.9 cm³/mol. The largest absolute Gasteiger partial charge is 0.504 e. The van der Waals surface area contributed by atoms with Crippen LogP contribution in [0.1, 0.15) is 12.0 Å². The van der Waals surface area contributed by atoms with Gasteiger partial charge in [-0.25, -0.2) is 0 Å². The Hall–Kier alpha value is -1.19. The van der Waals surface area contributed by atoms with Gasteiger partial charge in [0, 0.05) is 12.1 Å². The smallest absolute Gasteiger partial charge is 0.168 e. The molecule has 1 atom stereocenters. The lowest BCUT2D eigenvalue weighted by Gasteiger charge is -2.37. The van der Waals surface area contributed by atoms with Crippen molar-refractivity contribution in [2.75, 3.05) is 20.2 Å². The van der Waals surface area contributed by atoms with E-state index in [4.69, 9.17) is 4.74 Å². The minimum absolute atomic E-state index is 0. The molecule has 4 heteroatoms. The van der Waals surface area contributed by atoms with Crippen LogP contribution in [0.2, 0.25) is 0 Å². The highest BCUT2D eigenvalue weighted by Crippen LogP contribution is 2.41. The second-order valence-corrected chi connectivity index (χ2v) is 4.41. The molecule has 1 N–H and O–H groups in total. The number of phenols is 1. The Balaban J connectivity index is 0.00000108. The van der Waals surface area contributed by atoms with Crippen molar-refractivity contribution in [3.05, 3.63) is 29.8 Å². The summed E-state index contributed by atoms with van der Waals surface area (Å²) in [6, 6.07) is 5.90. The Bertz CT molecular complexity index is 459. The zero-order valence-electron chi connectivity index (χ0n) is 9.72. The molecule has 0 amide bonds. The molecule has 92 valence electrons. The van der Waals surface area contributed by atoms with Crippen LogP contribution in [0.15, 0.2) is 24.3 Å². The van der Waals surface area contributed by atoms with E-state index < -0.39 is 0 Å². The van der Waals surface area contributed by atoms with Crippen molar-refractivity contribution in [1.82, 2.24) is 4.90 Å². The van der Waals surface area contributed by atoms with E-state index in [0.717, 1.165) is 18.5 Å². The summed E-state index contributed by atoms with van der Waals surface area (Å²) in [6.45, 7) is 1.71. The van der Waals surface area contributed by atoms with E-state index in [0.29, 0.717) is 18.4 Å². The number of nitrogens with zero attached hydrogens (tertiary/aromatic N) is 1. The molecule has 0 saturated heterocycles. The SMILES string of the molecule is CN1CCC=C2c3cccc(O)c3OCC21.Cl. The van der Waals surface area contributed by atoms with Gasteiger partial charge in [-0.15, -0.1) is 12.4 Å². The number of aromatic hydroxyl groups is 1. The van der Waals surface area contributed by atoms with Crippen LogP contribution < -0.4 is 4.74 Å². The fraction of sp³-hybridized carbons (Fsp3) is 0.385. The van der Waals surface area contributed by atoms with Gasteiger partial charge >= 0.3 is 0 Å². The quantitative estimate of drug-likeness (QED) is 0.770. The van der Waals surface area contributed by atoms with E-state index in [1.54, 1.807) is 6.07 Å². The highest BCUT2D eigenvalue weighted by Gasteiger charge is 2.31. The third-order valence-corrected chi connectivity index (χ3v) is 3.43. The normalized spacial score (nSPS) is 22.6. The van der Waals surface area contributed by atoms with E-state index in [-0.39, 0.29) is 18.2 Å². The first-order chi connectivity index (χ1) is 7.77. The number of halogens is 1. The van der Waals surface area contributed by atoms with Gasteiger partial charge in [-0.2, -0.15) is 0 Å². The fourth-order valence-corrected chi connectivity index (χ4v) is 2.53. The van der Waals surface area contributed by atoms with Gasteiger partial charge in [-0.1, -0.05) is 18.2 Å². The molecule has 0 aliphatic carbocycles. The maximum atomic E-state index is 9.75. The van der Waals surface area contributed by atoms with Crippen LogP contribution in [-0.4, -0.2) is 36.2 Å². The van der Waals surface area contributed by atoms with E-state index in [9.17, 15) is 5.11 Å². The second kappa shape index (κ2) is 4.59. The van der Waals surface area contributed by atoms with Crippen molar-refractivity contribution in [1.29, 1.82) is 0 Å². The Morgan fingerprint density at radius 3 is 3.06 bits per heavy atom. The number of para-hydroxylation sites is 1. The topological polar surface area (TPSA) is 32.7 Å². The molecule has 1 unspecified atom stereocenters. The van der Waals surface area contributed by atoms with E-state index in [1.165, 1.54) is 5.57 Å². The van der Waals surface area contributed by atoms with Crippen molar-refractivity contribution in [2.24, 2.45) is 0 Å². The van der Waals surface area contributed by atoms with Crippen LogP contribution in [-0.2, 0) is 0 Å². The number of fused-ring (bicyclic) bond motifs is 3. The predicted octanol–water partition coefficient (Wildman–Crippen LogP) is 2.29. The van der Waals surface area contributed by atoms with Crippen LogP contribution in [0, 0.1) is 0 Å². The molecular weight excluding hydrogens is 238 g/mol. The van der Waals surface area contributed by atoms with Crippen LogP contribution in [0.3, 0.4) is 0 Å². The molecule has 0 radical (unpaired) electrons. The summed E-state index contributed by atoms with van der Waals surface area (Å²) in [4.78, 5) is 2.31. The van der Waals surface area contributed by atoms with Crippen LogP contribution in [0.4, 0.5) is 0 Å². The van der Waals surface area contributed by atoms with Crippen LogP contribution in [0.25, 0.3) is 5.57 Å². The average Bonchev–Trinajstić information content (AvgIpc) is 2.30. The Labute approximate surface area is 107 Å². The van der Waals surface area contributed by atoms with Crippen molar-refractivity contribution < 1.29 is 9.84 Å². The molecule has 2 aliphatic heterocycles. The summed E-state index contributed by atoms with van der Waals surface area (Å²) in [5.41, 5.74) is 2.34.